The molecule has 2 aromatic carbocycles. The van der Waals surface area contributed by atoms with Crippen LogP contribution in [0.4, 0.5) is 0 Å². The molecule has 5 nitrogen and oxygen atoms in total. The monoisotopic (exact) mass is 334 g/mol. The fourth-order valence-corrected chi connectivity index (χ4v) is 3.65. The number of aromatic nitrogens is 2. The van der Waals surface area contributed by atoms with Gasteiger partial charge in [-0.25, -0.2) is 4.98 Å². The number of benzene rings is 2. The van der Waals surface area contributed by atoms with E-state index in [2.05, 4.69) is 10.3 Å². The van der Waals surface area contributed by atoms with Crippen molar-refractivity contribution in [2.75, 3.05) is 20.1 Å². The van der Waals surface area contributed by atoms with Gasteiger partial charge in [-0.3, -0.25) is 9.36 Å². The van der Waals surface area contributed by atoms with Gasteiger partial charge in [0.1, 0.15) is 6.33 Å². The van der Waals surface area contributed by atoms with Gasteiger partial charge in [-0.15, -0.1) is 0 Å². The Morgan fingerprint density at radius 1 is 1.20 bits per heavy atom. The molecule has 25 heavy (non-hydrogen) atoms. The summed E-state index contributed by atoms with van der Waals surface area (Å²) in [6.07, 6.45) is 3.98. The van der Waals surface area contributed by atoms with Crippen LogP contribution in [-0.4, -0.2) is 46.5 Å². The molecule has 1 atom stereocenters. The zero-order valence-electron chi connectivity index (χ0n) is 14.4. The van der Waals surface area contributed by atoms with Crippen molar-refractivity contribution in [1.82, 2.24) is 19.8 Å². The predicted molar refractivity (Wildman–Crippen MR) is 99.1 cm³/mol. The molecule has 1 unspecified atom stereocenters. The number of rotatable bonds is 4. The van der Waals surface area contributed by atoms with Crippen molar-refractivity contribution in [3.63, 3.8) is 0 Å². The van der Waals surface area contributed by atoms with E-state index in [4.69, 9.17) is 0 Å². The van der Waals surface area contributed by atoms with Crippen molar-refractivity contribution >= 4 is 16.9 Å². The minimum Gasteiger partial charge on any atom is -0.334 e. The van der Waals surface area contributed by atoms with E-state index in [1.165, 1.54) is 0 Å². The summed E-state index contributed by atoms with van der Waals surface area (Å²) in [5, 5.41) is 3.19. The molecule has 1 saturated heterocycles. The van der Waals surface area contributed by atoms with Crippen LogP contribution in [-0.2, 0) is 0 Å². The number of carbonyl (C=O) groups excluding carboxylic acids is 1. The Labute approximate surface area is 147 Å². The van der Waals surface area contributed by atoms with Gasteiger partial charge in [0.2, 0.25) is 0 Å². The topological polar surface area (TPSA) is 50.2 Å². The van der Waals surface area contributed by atoms with Crippen molar-refractivity contribution in [2.24, 2.45) is 0 Å². The van der Waals surface area contributed by atoms with E-state index in [1.54, 1.807) is 0 Å². The molecule has 5 heteroatoms. The van der Waals surface area contributed by atoms with Crippen LogP contribution < -0.4 is 5.32 Å². The van der Waals surface area contributed by atoms with Gasteiger partial charge >= 0.3 is 0 Å². The largest absolute Gasteiger partial charge is 0.334 e. The molecule has 1 aliphatic heterocycles. The molecule has 0 saturated carbocycles. The number of nitrogens with one attached hydrogen (secondary N) is 1. The Bertz CT molecular complexity index is 884. The Morgan fingerprint density at radius 2 is 2.00 bits per heavy atom. The van der Waals surface area contributed by atoms with Crippen LogP contribution in [0.5, 0.6) is 0 Å². The second kappa shape index (κ2) is 6.69. The minimum absolute atomic E-state index is 0.125. The quantitative estimate of drug-likeness (QED) is 0.798. The summed E-state index contributed by atoms with van der Waals surface area (Å²) in [7, 11) is 1.94. The lowest BCUT2D eigenvalue weighted by Gasteiger charge is -2.24. The van der Waals surface area contributed by atoms with Crippen LogP contribution in [0.2, 0.25) is 0 Å². The number of hydrogen-bond acceptors (Lipinski definition) is 3. The first-order valence-corrected chi connectivity index (χ1v) is 8.76. The molecule has 1 N–H and O–H groups in total. The van der Waals surface area contributed by atoms with Crippen molar-refractivity contribution in [2.45, 2.75) is 18.9 Å². The van der Waals surface area contributed by atoms with Gasteiger partial charge in [0.15, 0.2) is 0 Å². The first-order chi connectivity index (χ1) is 12.3. The first-order valence-electron chi connectivity index (χ1n) is 8.76. The number of fused-ring (bicyclic) bond motifs is 1. The molecule has 0 bridgehead atoms. The molecule has 3 aromatic rings. The minimum atomic E-state index is 0.125. The molecule has 128 valence electrons. The van der Waals surface area contributed by atoms with E-state index in [0.29, 0.717) is 6.04 Å². The number of nitrogens with zero attached hydrogens (tertiary/aromatic N) is 3. The smallest absolute Gasteiger partial charge is 0.254 e. The van der Waals surface area contributed by atoms with E-state index in [0.717, 1.165) is 48.2 Å². The highest BCUT2D eigenvalue weighted by molar-refractivity contribution is 5.95. The summed E-state index contributed by atoms with van der Waals surface area (Å²) in [4.78, 5) is 19.2. The lowest BCUT2D eigenvalue weighted by molar-refractivity contribution is 0.0737. The fourth-order valence-electron chi connectivity index (χ4n) is 3.65. The van der Waals surface area contributed by atoms with Crippen LogP contribution in [0.1, 0.15) is 23.2 Å². The summed E-state index contributed by atoms with van der Waals surface area (Å²) in [6.45, 7) is 1.70. The van der Waals surface area contributed by atoms with E-state index in [1.807, 2.05) is 71.4 Å². The van der Waals surface area contributed by atoms with Gasteiger partial charge in [-0.05, 0) is 56.3 Å². The van der Waals surface area contributed by atoms with Crippen LogP contribution in [0.3, 0.4) is 0 Å². The number of imidazole rings is 1. The highest BCUT2D eigenvalue weighted by Gasteiger charge is 2.28. The zero-order valence-corrected chi connectivity index (χ0v) is 14.4. The van der Waals surface area contributed by atoms with E-state index < -0.39 is 0 Å². The third-order valence-electron chi connectivity index (χ3n) is 4.92. The first kappa shape index (κ1) is 15.8. The molecular formula is C20H22N4O. The van der Waals surface area contributed by atoms with Gasteiger partial charge in [0.25, 0.3) is 5.91 Å². The maximum Gasteiger partial charge on any atom is 0.254 e. The summed E-state index contributed by atoms with van der Waals surface area (Å²) in [6, 6.07) is 16.2. The number of carbonyl (C=O) groups is 1. The van der Waals surface area contributed by atoms with Crippen molar-refractivity contribution in [3.05, 3.63) is 60.4 Å². The third-order valence-corrected chi connectivity index (χ3v) is 4.92. The lowest BCUT2D eigenvalue weighted by Crippen LogP contribution is -2.40. The Kier molecular flexibility index (Phi) is 4.24. The van der Waals surface area contributed by atoms with Gasteiger partial charge in [0.05, 0.1) is 11.0 Å². The SMILES string of the molecule is CNCC1CCCN1C(=O)c1ccc(-n2cnc3ccccc32)cc1. The van der Waals surface area contributed by atoms with E-state index in [-0.39, 0.29) is 5.91 Å². The maximum absolute atomic E-state index is 12.8. The van der Waals surface area contributed by atoms with Gasteiger partial charge in [0, 0.05) is 30.4 Å². The average molecular weight is 334 g/mol. The third kappa shape index (κ3) is 2.91. The molecule has 2 heterocycles. The number of likely N-dealkylation sites (tertiary alicyclic amines) is 1. The number of amides is 1. The summed E-state index contributed by atoms with van der Waals surface area (Å²) >= 11 is 0. The second-order valence-corrected chi connectivity index (χ2v) is 6.50. The Balaban J connectivity index is 1.59. The molecule has 1 aromatic heterocycles. The van der Waals surface area contributed by atoms with E-state index in [9.17, 15) is 4.79 Å². The van der Waals surface area contributed by atoms with Gasteiger partial charge < -0.3 is 10.2 Å². The number of hydrogen-bond donors (Lipinski definition) is 1. The summed E-state index contributed by atoms with van der Waals surface area (Å²) < 4.78 is 2.04. The zero-order chi connectivity index (χ0) is 17.2. The van der Waals surface area contributed by atoms with Crippen LogP contribution in [0.25, 0.3) is 16.7 Å². The normalized spacial score (nSPS) is 17.3. The molecule has 0 spiro atoms. The second-order valence-electron chi connectivity index (χ2n) is 6.50. The van der Waals surface area contributed by atoms with Crippen molar-refractivity contribution < 1.29 is 4.79 Å². The average Bonchev–Trinajstić information content (AvgIpc) is 3.28. The highest BCUT2D eigenvalue weighted by atomic mass is 16.2. The highest BCUT2D eigenvalue weighted by Crippen LogP contribution is 2.22. The molecule has 4 rings (SSSR count). The predicted octanol–water partition coefficient (Wildman–Crippen LogP) is 2.85. The van der Waals surface area contributed by atoms with Crippen molar-refractivity contribution in [3.8, 4) is 5.69 Å². The van der Waals surface area contributed by atoms with Crippen LogP contribution >= 0.6 is 0 Å². The molecule has 0 radical (unpaired) electrons. The Hall–Kier alpha value is -2.66. The maximum atomic E-state index is 12.8. The lowest BCUT2D eigenvalue weighted by atomic mass is 10.1. The van der Waals surface area contributed by atoms with Crippen molar-refractivity contribution in [1.29, 1.82) is 0 Å². The van der Waals surface area contributed by atoms with Crippen LogP contribution in [0.15, 0.2) is 54.9 Å². The van der Waals surface area contributed by atoms with Gasteiger partial charge in [-0.1, -0.05) is 12.1 Å². The van der Waals surface area contributed by atoms with Gasteiger partial charge in [-0.2, -0.15) is 0 Å². The summed E-state index contributed by atoms with van der Waals surface area (Å²) in [5.74, 6) is 0.125. The number of likely N-dealkylation sites (N-methyl/N-ethyl adjacent to an activating group) is 1. The molecule has 1 aliphatic rings. The number of para-hydroxylation sites is 2. The molecule has 1 amide bonds. The molecule has 1 fully saturated rings. The van der Waals surface area contributed by atoms with E-state index >= 15 is 0 Å². The standard InChI is InChI=1S/C20H22N4O/c1-21-13-17-5-4-12-23(17)20(25)15-8-10-16(11-9-15)24-14-22-18-6-2-3-7-19(18)24/h2-3,6-11,14,17,21H,4-5,12-13H2,1H3. The summed E-state index contributed by atoms with van der Waals surface area (Å²) in [5.41, 5.74) is 3.79. The Morgan fingerprint density at radius 3 is 2.80 bits per heavy atom. The van der Waals surface area contributed by atoms with Crippen LogP contribution in [0, 0.1) is 0 Å². The molecule has 0 aliphatic carbocycles. The molecular weight excluding hydrogens is 312 g/mol. The fraction of sp³-hybridized carbons (Fsp3) is 0.300.